The molecule has 1 aliphatic heterocycles. The van der Waals surface area contributed by atoms with Gasteiger partial charge in [-0.3, -0.25) is 9.59 Å². The maximum atomic E-state index is 12.6. The Bertz CT molecular complexity index is 1130. The number of carbonyl (C=O) groups excluding carboxylic acids is 2. The molecule has 4 rings (SSSR count). The molecule has 3 aromatic carbocycles. The van der Waals surface area contributed by atoms with Crippen molar-refractivity contribution in [3.63, 3.8) is 0 Å². The Balaban J connectivity index is 1.64. The fourth-order valence-corrected chi connectivity index (χ4v) is 3.48. The third kappa shape index (κ3) is 3.71. The maximum absolute atomic E-state index is 12.6. The van der Waals surface area contributed by atoms with Crippen molar-refractivity contribution in [2.24, 2.45) is 0 Å². The molecule has 0 radical (unpaired) electrons. The summed E-state index contributed by atoms with van der Waals surface area (Å²) < 4.78 is 6.56. The molecule has 2 amide bonds. The van der Waals surface area contributed by atoms with Crippen LogP contribution in [0.2, 0.25) is 10.0 Å². The first kappa shape index (κ1) is 18.8. The van der Waals surface area contributed by atoms with Gasteiger partial charge in [0.1, 0.15) is 5.75 Å². The van der Waals surface area contributed by atoms with Crippen LogP contribution in [0.1, 0.15) is 20.7 Å². The summed E-state index contributed by atoms with van der Waals surface area (Å²) in [4.78, 5) is 25.2. The van der Waals surface area contributed by atoms with E-state index in [1.165, 1.54) is 0 Å². The lowest BCUT2D eigenvalue weighted by Crippen LogP contribution is -2.14. The van der Waals surface area contributed by atoms with Gasteiger partial charge in [0.25, 0.3) is 11.8 Å². The molecule has 0 saturated carbocycles. The SMILES string of the molecule is O=C(Nc1ccc2c(c1)C(=O)Nc1cc(Cl)ccc1O2)c1cc(Br)ccc1Cl. The summed E-state index contributed by atoms with van der Waals surface area (Å²) in [6.45, 7) is 0. The molecule has 0 bridgehead atoms. The van der Waals surface area contributed by atoms with Crippen molar-refractivity contribution in [3.05, 3.63) is 80.2 Å². The summed E-state index contributed by atoms with van der Waals surface area (Å²) in [5.74, 6) is 0.0927. The quantitative estimate of drug-likeness (QED) is 0.450. The summed E-state index contributed by atoms with van der Waals surface area (Å²) in [6.07, 6.45) is 0. The summed E-state index contributed by atoms with van der Waals surface area (Å²) in [5.41, 5.74) is 1.50. The predicted molar refractivity (Wildman–Crippen MR) is 113 cm³/mol. The lowest BCUT2D eigenvalue weighted by atomic mass is 10.1. The number of amides is 2. The Labute approximate surface area is 178 Å². The van der Waals surface area contributed by atoms with Crippen LogP contribution in [-0.2, 0) is 0 Å². The van der Waals surface area contributed by atoms with Gasteiger partial charge in [0.15, 0.2) is 5.75 Å². The number of ether oxygens (including phenoxy) is 1. The number of nitrogens with one attached hydrogen (secondary N) is 2. The Morgan fingerprint density at radius 3 is 2.61 bits per heavy atom. The number of anilines is 2. The largest absolute Gasteiger partial charge is 0.454 e. The smallest absolute Gasteiger partial charge is 0.259 e. The molecule has 0 aromatic heterocycles. The van der Waals surface area contributed by atoms with E-state index in [1.807, 2.05) is 0 Å². The molecule has 1 aliphatic rings. The van der Waals surface area contributed by atoms with Gasteiger partial charge in [-0.25, -0.2) is 0 Å². The molecular weight excluding hydrogens is 467 g/mol. The Morgan fingerprint density at radius 2 is 1.79 bits per heavy atom. The fraction of sp³-hybridized carbons (Fsp3) is 0. The summed E-state index contributed by atoms with van der Waals surface area (Å²) >= 11 is 15.4. The zero-order valence-electron chi connectivity index (χ0n) is 14.1. The van der Waals surface area contributed by atoms with Crippen molar-refractivity contribution in [1.82, 2.24) is 0 Å². The number of carbonyl (C=O) groups is 2. The van der Waals surface area contributed by atoms with E-state index in [0.717, 1.165) is 4.47 Å². The second kappa shape index (κ2) is 7.47. The Morgan fingerprint density at radius 1 is 1.00 bits per heavy atom. The van der Waals surface area contributed by atoms with Gasteiger partial charge < -0.3 is 15.4 Å². The minimum atomic E-state index is -0.392. The highest BCUT2D eigenvalue weighted by molar-refractivity contribution is 9.10. The van der Waals surface area contributed by atoms with Crippen LogP contribution in [-0.4, -0.2) is 11.8 Å². The van der Waals surface area contributed by atoms with E-state index in [1.54, 1.807) is 54.6 Å². The third-order valence-corrected chi connectivity index (χ3v) is 5.12. The molecule has 140 valence electrons. The van der Waals surface area contributed by atoms with E-state index < -0.39 is 5.91 Å². The molecule has 0 atom stereocenters. The van der Waals surface area contributed by atoms with Gasteiger partial charge in [0.2, 0.25) is 0 Å². The van der Waals surface area contributed by atoms with Gasteiger partial charge in [-0.1, -0.05) is 39.1 Å². The standard InChI is InChI=1S/C20H11BrCl2N2O3/c21-10-1-4-15(23)13(7-10)19(26)24-12-3-6-17-14(9-12)20(27)25-16-8-11(22)2-5-18(16)28-17/h1-9H,(H,24,26)(H,25,27). The van der Waals surface area contributed by atoms with E-state index in [4.69, 9.17) is 27.9 Å². The average Bonchev–Trinajstić information content (AvgIpc) is 2.79. The van der Waals surface area contributed by atoms with Gasteiger partial charge in [0.05, 0.1) is 21.8 Å². The van der Waals surface area contributed by atoms with Crippen LogP contribution in [0.25, 0.3) is 0 Å². The molecule has 2 N–H and O–H groups in total. The topological polar surface area (TPSA) is 67.4 Å². The third-order valence-electron chi connectivity index (χ3n) is 4.06. The monoisotopic (exact) mass is 476 g/mol. The molecule has 5 nitrogen and oxygen atoms in total. The molecule has 28 heavy (non-hydrogen) atoms. The molecule has 0 spiro atoms. The number of hydrogen-bond donors (Lipinski definition) is 2. The number of rotatable bonds is 2. The summed E-state index contributed by atoms with van der Waals surface area (Å²) in [5, 5.41) is 6.31. The van der Waals surface area contributed by atoms with Crippen LogP contribution in [0.5, 0.6) is 11.5 Å². The minimum Gasteiger partial charge on any atom is -0.454 e. The molecule has 3 aromatic rings. The highest BCUT2D eigenvalue weighted by Crippen LogP contribution is 2.38. The van der Waals surface area contributed by atoms with E-state index in [2.05, 4.69) is 26.6 Å². The molecule has 0 unspecified atom stereocenters. The Hall–Kier alpha value is -2.54. The zero-order valence-corrected chi connectivity index (χ0v) is 17.2. The van der Waals surface area contributed by atoms with Crippen LogP contribution in [0, 0.1) is 0 Å². The first-order chi connectivity index (χ1) is 13.4. The fourth-order valence-electron chi connectivity index (χ4n) is 2.74. The van der Waals surface area contributed by atoms with Crippen LogP contribution in [0.4, 0.5) is 11.4 Å². The predicted octanol–water partition coefficient (Wildman–Crippen LogP) is 6.37. The van der Waals surface area contributed by atoms with E-state index in [-0.39, 0.29) is 11.5 Å². The van der Waals surface area contributed by atoms with Crippen molar-refractivity contribution >= 4 is 62.3 Å². The van der Waals surface area contributed by atoms with Crippen molar-refractivity contribution in [3.8, 4) is 11.5 Å². The van der Waals surface area contributed by atoms with E-state index in [9.17, 15) is 9.59 Å². The molecule has 1 heterocycles. The van der Waals surface area contributed by atoms with Gasteiger partial charge >= 0.3 is 0 Å². The highest BCUT2D eigenvalue weighted by Gasteiger charge is 2.22. The van der Waals surface area contributed by atoms with Gasteiger partial charge in [-0.05, 0) is 54.6 Å². The maximum Gasteiger partial charge on any atom is 0.259 e. The van der Waals surface area contributed by atoms with Crippen molar-refractivity contribution in [2.75, 3.05) is 10.6 Å². The summed E-state index contributed by atoms with van der Waals surface area (Å²) in [7, 11) is 0. The van der Waals surface area contributed by atoms with Crippen LogP contribution in [0.15, 0.2) is 59.1 Å². The minimum absolute atomic E-state index is 0.283. The van der Waals surface area contributed by atoms with Gasteiger partial charge in [-0.2, -0.15) is 0 Å². The van der Waals surface area contributed by atoms with Gasteiger partial charge in [0, 0.05) is 15.2 Å². The first-order valence-electron chi connectivity index (χ1n) is 8.10. The molecule has 0 fully saturated rings. The second-order valence-electron chi connectivity index (χ2n) is 5.99. The van der Waals surface area contributed by atoms with Crippen molar-refractivity contribution in [2.45, 2.75) is 0 Å². The van der Waals surface area contributed by atoms with E-state index in [0.29, 0.717) is 38.5 Å². The Kier molecular flexibility index (Phi) is 5.02. The number of benzene rings is 3. The first-order valence-corrected chi connectivity index (χ1v) is 9.65. The second-order valence-corrected chi connectivity index (χ2v) is 7.75. The molecule has 0 saturated heterocycles. The summed E-state index contributed by atoms with van der Waals surface area (Å²) in [6, 6.07) is 14.8. The lowest BCUT2D eigenvalue weighted by Gasteiger charge is -2.11. The van der Waals surface area contributed by atoms with Crippen molar-refractivity contribution in [1.29, 1.82) is 0 Å². The van der Waals surface area contributed by atoms with E-state index >= 15 is 0 Å². The number of fused-ring (bicyclic) bond motifs is 2. The highest BCUT2D eigenvalue weighted by atomic mass is 79.9. The van der Waals surface area contributed by atoms with Crippen molar-refractivity contribution < 1.29 is 14.3 Å². The molecule has 8 heteroatoms. The molecular formula is C20H11BrCl2N2O3. The van der Waals surface area contributed by atoms with Gasteiger partial charge in [-0.15, -0.1) is 0 Å². The zero-order chi connectivity index (χ0) is 19.8. The average molecular weight is 478 g/mol. The van der Waals surface area contributed by atoms with Crippen LogP contribution in [0.3, 0.4) is 0 Å². The molecule has 0 aliphatic carbocycles. The van der Waals surface area contributed by atoms with Crippen LogP contribution < -0.4 is 15.4 Å². The number of halogens is 3. The van der Waals surface area contributed by atoms with Crippen LogP contribution >= 0.6 is 39.1 Å². The lowest BCUT2D eigenvalue weighted by molar-refractivity contribution is 0.101. The number of hydrogen-bond acceptors (Lipinski definition) is 3. The normalized spacial score (nSPS) is 12.2.